The number of rotatable bonds is 8. The highest BCUT2D eigenvalue weighted by Gasteiger charge is 2.12. The Morgan fingerprint density at radius 1 is 0.500 bits per heavy atom. The van der Waals surface area contributed by atoms with Gasteiger partial charge in [0.1, 0.15) is 22.9 Å². The maximum Gasteiger partial charge on any atom is 0.146 e. The monoisotopic (exact) mass is 700 g/mol. The molecule has 0 spiro atoms. The summed E-state index contributed by atoms with van der Waals surface area (Å²) in [6.45, 7) is 3.66. The number of phenolic OH excluding ortho intramolecular Hbond substituents is 2. The maximum atomic E-state index is 10.7. The van der Waals surface area contributed by atoms with Crippen LogP contribution in [0.2, 0.25) is 0 Å². The predicted octanol–water partition coefficient (Wildman–Crippen LogP) is 13.0. The average Bonchev–Trinajstić information content (AvgIpc) is 3.20. The van der Waals surface area contributed by atoms with E-state index in [0.29, 0.717) is 33.9 Å². The summed E-state index contributed by atoms with van der Waals surface area (Å²) >= 11 is 0. The Kier molecular flexibility index (Phi) is 9.84. The Labute approximate surface area is 312 Å². The molecule has 0 heterocycles. The molecule has 0 fully saturated rings. The second kappa shape index (κ2) is 15.3. The summed E-state index contributed by atoms with van der Waals surface area (Å²) < 4.78 is 0. The number of fused-ring (bicyclic) bond motifs is 2. The van der Waals surface area contributed by atoms with Crippen LogP contribution >= 0.6 is 0 Å². The normalized spacial score (nSPS) is 12.1. The number of nitriles is 2. The van der Waals surface area contributed by atoms with E-state index >= 15 is 0 Å². The lowest BCUT2D eigenvalue weighted by molar-refractivity contribution is 0.472. The Bertz CT molecular complexity index is 2560. The third-order valence-corrected chi connectivity index (χ3v) is 9.06. The van der Waals surface area contributed by atoms with Crippen molar-refractivity contribution >= 4 is 67.6 Å². The highest BCUT2D eigenvalue weighted by Crippen LogP contribution is 2.40. The molecule has 54 heavy (non-hydrogen) atoms. The maximum absolute atomic E-state index is 10.7. The number of nitrogens with zero attached hydrogens (tertiary/aromatic N) is 6. The van der Waals surface area contributed by atoms with Gasteiger partial charge in [0.25, 0.3) is 0 Å². The van der Waals surface area contributed by atoms with Gasteiger partial charge < -0.3 is 10.2 Å². The number of azo groups is 2. The van der Waals surface area contributed by atoms with Gasteiger partial charge in [0.15, 0.2) is 0 Å². The van der Waals surface area contributed by atoms with E-state index < -0.39 is 0 Å². The lowest BCUT2D eigenvalue weighted by Gasteiger charge is -2.07. The predicted molar refractivity (Wildman–Crippen MR) is 215 cm³/mol. The first-order chi connectivity index (χ1) is 26.3. The summed E-state index contributed by atoms with van der Waals surface area (Å²) in [6.07, 6.45) is 3.61. The molecule has 0 bridgehead atoms. The molecule has 0 unspecified atom stereocenters. The van der Waals surface area contributed by atoms with E-state index in [1.54, 1.807) is 36.4 Å². The minimum Gasteiger partial charge on any atom is -0.505 e. The van der Waals surface area contributed by atoms with Crippen molar-refractivity contribution in [3.05, 3.63) is 167 Å². The van der Waals surface area contributed by atoms with Gasteiger partial charge in [-0.2, -0.15) is 20.8 Å². The first-order valence-electron chi connectivity index (χ1n) is 17.1. The summed E-state index contributed by atoms with van der Waals surface area (Å²) in [5, 5.41) is 62.3. The zero-order valence-corrected chi connectivity index (χ0v) is 29.4. The molecule has 258 valence electrons. The average molecular weight is 701 g/mol. The number of benzene rings is 7. The fourth-order valence-electron chi connectivity index (χ4n) is 6.12. The lowest BCUT2D eigenvalue weighted by atomic mass is 10.0. The number of allylic oxidation sites excluding steroid dienone is 2. The highest BCUT2D eigenvalue weighted by atomic mass is 16.3. The molecule has 0 saturated carbocycles. The summed E-state index contributed by atoms with van der Waals surface area (Å²) in [5.74, 6) is 0.191. The molecule has 7 aromatic rings. The van der Waals surface area contributed by atoms with E-state index in [-0.39, 0.29) is 11.5 Å². The van der Waals surface area contributed by atoms with Gasteiger partial charge in [0, 0.05) is 10.8 Å². The van der Waals surface area contributed by atoms with Crippen LogP contribution < -0.4 is 0 Å². The van der Waals surface area contributed by atoms with Crippen molar-refractivity contribution in [3.63, 3.8) is 0 Å². The lowest BCUT2D eigenvalue weighted by Crippen LogP contribution is -1.84. The van der Waals surface area contributed by atoms with Gasteiger partial charge in [0.05, 0.1) is 34.7 Å². The third kappa shape index (κ3) is 7.36. The first-order valence-corrected chi connectivity index (χ1v) is 17.1. The van der Waals surface area contributed by atoms with Crippen LogP contribution in [0.15, 0.2) is 154 Å². The van der Waals surface area contributed by atoms with Gasteiger partial charge >= 0.3 is 0 Å². The molecular formula is C46H32N6O2. The van der Waals surface area contributed by atoms with Crippen LogP contribution in [-0.2, 0) is 0 Å². The van der Waals surface area contributed by atoms with Crippen LogP contribution in [0.1, 0.15) is 33.4 Å². The fourth-order valence-corrected chi connectivity index (χ4v) is 6.12. The van der Waals surface area contributed by atoms with E-state index in [4.69, 9.17) is 0 Å². The second-order valence-electron chi connectivity index (χ2n) is 12.7. The SMILES string of the molecule is Cc1cc2ccccc2c(/N=N\c2ccc(C(C#N)=Cc3ccc(/C=C(/C#N)c4ccc(/N=N\c5c(O)c(C)cc6ccccc56)cc4)cc3)cc2)c1O. The Hall–Kier alpha value is -7.68. The molecule has 2 N–H and O–H groups in total. The van der Waals surface area contributed by atoms with Crippen LogP contribution in [0.5, 0.6) is 11.5 Å². The third-order valence-electron chi connectivity index (χ3n) is 9.06. The summed E-state index contributed by atoms with van der Waals surface area (Å²) in [7, 11) is 0. The Morgan fingerprint density at radius 2 is 0.870 bits per heavy atom. The van der Waals surface area contributed by atoms with Crippen molar-refractivity contribution in [2.75, 3.05) is 0 Å². The van der Waals surface area contributed by atoms with Gasteiger partial charge in [-0.1, -0.05) is 97.1 Å². The topological polar surface area (TPSA) is 137 Å². The number of phenols is 2. The van der Waals surface area contributed by atoms with E-state index in [1.807, 2.05) is 123 Å². The molecular weight excluding hydrogens is 669 g/mol. The summed E-state index contributed by atoms with van der Waals surface area (Å²) in [6, 6.07) is 45.8. The summed E-state index contributed by atoms with van der Waals surface area (Å²) in [5.41, 5.74) is 7.50. The van der Waals surface area contributed by atoms with Crippen molar-refractivity contribution in [2.24, 2.45) is 20.5 Å². The van der Waals surface area contributed by atoms with Crippen LogP contribution in [0.4, 0.5) is 22.7 Å². The van der Waals surface area contributed by atoms with Gasteiger partial charge in [-0.3, -0.25) is 0 Å². The smallest absolute Gasteiger partial charge is 0.146 e. The molecule has 0 radical (unpaired) electrons. The van der Waals surface area contributed by atoms with E-state index in [0.717, 1.165) is 54.9 Å². The van der Waals surface area contributed by atoms with E-state index in [9.17, 15) is 20.7 Å². The molecule has 0 amide bonds. The zero-order valence-electron chi connectivity index (χ0n) is 29.4. The number of hydrogen-bond donors (Lipinski definition) is 2. The van der Waals surface area contributed by atoms with Gasteiger partial charge in [0.2, 0.25) is 0 Å². The molecule has 0 aromatic heterocycles. The molecule has 0 saturated heterocycles. The van der Waals surface area contributed by atoms with Crippen LogP contribution in [0, 0.1) is 36.5 Å². The molecule has 8 nitrogen and oxygen atoms in total. The molecule has 0 aliphatic heterocycles. The summed E-state index contributed by atoms with van der Waals surface area (Å²) in [4.78, 5) is 0. The minimum absolute atomic E-state index is 0.0955. The van der Waals surface area contributed by atoms with Crippen molar-refractivity contribution < 1.29 is 10.2 Å². The van der Waals surface area contributed by atoms with Crippen LogP contribution in [0.3, 0.4) is 0 Å². The van der Waals surface area contributed by atoms with Gasteiger partial charge in [-0.05, 0) is 107 Å². The molecule has 8 heteroatoms. The van der Waals surface area contributed by atoms with Gasteiger partial charge in [-0.15, -0.1) is 10.2 Å². The fraction of sp³-hybridized carbons (Fsp3) is 0.0435. The molecule has 0 aliphatic carbocycles. The number of aryl methyl sites for hydroxylation is 2. The van der Waals surface area contributed by atoms with Crippen LogP contribution in [0.25, 0.3) is 44.8 Å². The molecule has 7 aromatic carbocycles. The molecule has 0 atom stereocenters. The van der Waals surface area contributed by atoms with E-state index in [2.05, 4.69) is 32.6 Å². The van der Waals surface area contributed by atoms with E-state index in [1.165, 1.54) is 0 Å². The van der Waals surface area contributed by atoms with Crippen LogP contribution in [-0.4, -0.2) is 10.2 Å². The van der Waals surface area contributed by atoms with Crippen molar-refractivity contribution in [1.82, 2.24) is 0 Å². The van der Waals surface area contributed by atoms with Crippen molar-refractivity contribution in [2.45, 2.75) is 13.8 Å². The Morgan fingerprint density at radius 3 is 1.24 bits per heavy atom. The molecule has 0 aliphatic rings. The second-order valence-corrected chi connectivity index (χ2v) is 12.7. The van der Waals surface area contributed by atoms with Crippen molar-refractivity contribution in [3.8, 4) is 23.6 Å². The minimum atomic E-state index is 0.0955. The number of aromatic hydroxyl groups is 2. The zero-order chi connectivity index (χ0) is 37.6. The largest absolute Gasteiger partial charge is 0.505 e. The first kappa shape index (κ1) is 34.8. The molecule has 7 rings (SSSR count). The standard InChI is InChI=1S/C46H32N6O2/c1-29-23-35-7-3-5-9-41(35)43(45(29)53)51-49-39-19-15-33(16-20-39)37(27-47)25-31-11-13-32(14-12-31)26-38(28-48)34-17-21-40(22-18-34)50-52-44-42-10-6-4-8-36(42)24-30(2)46(44)54/h3-26,53-54H,1-2H3/b37-25-,38-26?,51-49-,52-50-. The quantitative estimate of drug-likeness (QED) is 0.0925. The highest BCUT2D eigenvalue weighted by molar-refractivity contribution is 5.97. The number of hydrogen-bond acceptors (Lipinski definition) is 8. The van der Waals surface area contributed by atoms with Gasteiger partial charge in [-0.25, -0.2) is 0 Å². The Balaban J connectivity index is 1.05. The van der Waals surface area contributed by atoms with Crippen molar-refractivity contribution in [1.29, 1.82) is 10.5 Å².